The third-order valence-electron chi connectivity index (χ3n) is 4.94. The number of halogens is 6. The predicted molar refractivity (Wildman–Crippen MR) is 109 cm³/mol. The SMILES string of the molecule is C/C(=C(/c1ccc(F)cc1)N1CCN(C(=O)c2ccc(Cl)cc2Cl)CC1)C(F)(F)F. The Bertz CT molecular complexity index is 966. The lowest BCUT2D eigenvalue weighted by atomic mass is 10.0. The average Bonchev–Trinajstić information content (AvgIpc) is 2.69. The van der Waals surface area contributed by atoms with E-state index in [9.17, 15) is 22.4 Å². The molecule has 1 saturated heterocycles. The molecule has 0 spiro atoms. The van der Waals surface area contributed by atoms with Crippen molar-refractivity contribution in [2.75, 3.05) is 26.2 Å². The molecule has 3 nitrogen and oxygen atoms in total. The Hall–Kier alpha value is -2.25. The standard InChI is InChI=1S/C21H18Cl2F4N2O/c1-13(21(25,26)27)19(14-2-5-16(24)6-3-14)28-8-10-29(11-9-28)20(30)17-7-4-15(22)12-18(17)23/h2-7,12H,8-11H2,1H3/b19-13+. The highest BCUT2D eigenvalue weighted by molar-refractivity contribution is 6.36. The van der Waals surface area contributed by atoms with E-state index in [0.29, 0.717) is 5.02 Å². The monoisotopic (exact) mass is 460 g/mol. The largest absolute Gasteiger partial charge is 0.414 e. The molecular weight excluding hydrogens is 443 g/mol. The van der Waals surface area contributed by atoms with Crippen LogP contribution in [0.3, 0.4) is 0 Å². The maximum absolute atomic E-state index is 13.5. The Morgan fingerprint density at radius 2 is 1.50 bits per heavy atom. The molecule has 160 valence electrons. The molecule has 0 bridgehead atoms. The Labute approximate surface area is 181 Å². The van der Waals surface area contributed by atoms with Gasteiger partial charge in [-0.2, -0.15) is 13.2 Å². The minimum atomic E-state index is -4.53. The molecule has 0 N–H and O–H groups in total. The first-order chi connectivity index (χ1) is 14.1. The lowest BCUT2D eigenvalue weighted by molar-refractivity contribution is -0.0916. The summed E-state index contributed by atoms with van der Waals surface area (Å²) >= 11 is 12.0. The number of rotatable bonds is 3. The van der Waals surface area contributed by atoms with Crippen LogP contribution in [-0.4, -0.2) is 48.1 Å². The van der Waals surface area contributed by atoms with Crippen LogP contribution >= 0.6 is 23.2 Å². The third-order valence-corrected chi connectivity index (χ3v) is 5.49. The van der Waals surface area contributed by atoms with Crippen LogP contribution in [-0.2, 0) is 0 Å². The summed E-state index contributed by atoms with van der Waals surface area (Å²) in [6.45, 7) is 1.82. The van der Waals surface area contributed by atoms with Crippen LogP contribution in [0.2, 0.25) is 10.0 Å². The number of carbonyl (C=O) groups excluding carboxylic acids is 1. The normalized spacial score (nSPS) is 15.8. The van der Waals surface area contributed by atoms with Gasteiger partial charge in [-0.15, -0.1) is 0 Å². The van der Waals surface area contributed by atoms with Gasteiger partial charge in [-0.1, -0.05) is 23.2 Å². The van der Waals surface area contributed by atoms with E-state index < -0.39 is 17.6 Å². The fourth-order valence-electron chi connectivity index (χ4n) is 3.34. The number of piperazine rings is 1. The fourth-order valence-corrected chi connectivity index (χ4v) is 3.83. The summed E-state index contributed by atoms with van der Waals surface area (Å²) in [4.78, 5) is 15.9. The van der Waals surface area contributed by atoms with Gasteiger partial charge < -0.3 is 9.80 Å². The lowest BCUT2D eigenvalue weighted by Gasteiger charge is -2.38. The molecule has 1 aliphatic rings. The van der Waals surface area contributed by atoms with Gasteiger partial charge in [0.25, 0.3) is 5.91 Å². The molecule has 0 aliphatic carbocycles. The molecule has 2 aromatic rings. The number of amides is 1. The predicted octanol–water partition coefficient (Wildman–Crippen LogP) is 5.88. The van der Waals surface area contributed by atoms with E-state index in [2.05, 4.69) is 0 Å². The third kappa shape index (κ3) is 4.90. The molecule has 0 atom stereocenters. The van der Waals surface area contributed by atoms with Crippen molar-refractivity contribution < 1.29 is 22.4 Å². The Kier molecular flexibility index (Phi) is 6.62. The summed E-state index contributed by atoms with van der Waals surface area (Å²) in [6, 6.07) is 9.45. The number of allylic oxidation sites excluding steroid dienone is 1. The van der Waals surface area contributed by atoms with Gasteiger partial charge in [-0.25, -0.2) is 4.39 Å². The quantitative estimate of drug-likeness (QED) is 0.533. The van der Waals surface area contributed by atoms with E-state index in [1.807, 2.05) is 0 Å². The van der Waals surface area contributed by atoms with Crippen molar-refractivity contribution in [1.29, 1.82) is 0 Å². The maximum Gasteiger partial charge on any atom is 0.414 e. The van der Waals surface area contributed by atoms with E-state index in [1.165, 1.54) is 29.2 Å². The number of hydrogen-bond donors (Lipinski definition) is 0. The molecule has 2 aromatic carbocycles. The van der Waals surface area contributed by atoms with Gasteiger partial charge >= 0.3 is 6.18 Å². The van der Waals surface area contributed by atoms with Crippen LogP contribution in [0.5, 0.6) is 0 Å². The molecule has 0 aromatic heterocycles. The zero-order valence-electron chi connectivity index (χ0n) is 15.9. The smallest absolute Gasteiger partial charge is 0.367 e. The zero-order valence-corrected chi connectivity index (χ0v) is 17.5. The first kappa shape index (κ1) is 22.4. The van der Waals surface area contributed by atoms with Crippen molar-refractivity contribution in [3.8, 4) is 0 Å². The number of nitrogens with zero attached hydrogens (tertiary/aromatic N) is 2. The second kappa shape index (κ2) is 8.86. The van der Waals surface area contributed by atoms with E-state index in [1.54, 1.807) is 11.0 Å². The fraction of sp³-hybridized carbons (Fsp3) is 0.286. The van der Waals surface area contributed by atoms with Crippen molar-refractivity contribution in [3.05, 3.63) is 75.0 Å². The minimum Gasteiger partial charge on any atom is -0.367 e. The molecular formula is C21H18Cl2F4N2O. The molecule has 0 radical (unpaired) electrons. The first-order valence-corrected chi connectivity index (χ1v) is 9.87. The maximum atomic E-state index is 13.5. The van der Waals surface area contributed by atoms with E-state index in [0.717, 1.165) is 19.1 Å². The van der Waals surface area contributed by atoms with Crippen molar-refractivity contribution in [1.82, 2.24) is 9.80 Å². The van der Waals surface area contributed by atoms with Crippen LogP contribution in [0.25, 0.3) is 5.70 Å². The number of alkyl halides is 3. The van der Waals surface area contributed by atoms with E-state index in [4.69, 9.17) is 23.2 Å². The molecule has 1 fully saturated rings. The molecule has 1 aliphatic heterocycles. The van der Waals surface area contributed by atoms with Gasteiger partial charge in [-0.05, 0) is 55.0 Å². The number of hydrogen-bond acceptors (Lipinski definition) is 2. The molecule has 0 unspecified atom stereocenters. The number of carbonyl (C=O) groups is 1. The molecule has 30 heavy (non-hydrogen) atoms. The van der Waals surface area contributed by atoms with Gasteiger partial charge in [0.15, 0.2) is 0 Å². The first-order valence-electron chi connectivity index (χ1n) is 9.11. The van der Waals surface area contributed by atoms with Crippen molar-refractivity contribution in [2.24, 2.45) is 0 Å². The van der Waals surface area contributed by atoms with Gasteiger partial charge in [0.05, 0.1) is 21.9 Å². The molecule has 0 saturated carbocycles. The summed E-state index contributed by atoms with van der Waals surface area (Å²) in [6.07, 6.45) is -4.53. The van der Waals surface area contributed by atoms with Crippen LogP contribution < -0.4 is 0 Å². The van der Waals surface area contributed by atoms with Crippen molar-refractivity contribution in [3.63, 3.8) is 0 Å². The topological polar surface area (TPSA) is 23.6 Å². The minimum absolute atomic E-state index is 0.0147. The summed E-state index contributed by atoms with van der Waals surface area (Å²) in [5.74, 6) is -0.839. The van der Waals surface area contributed by atoms with Gasteiger partial charge in [-0.3, -0.25) is 4.79 Å². The number of benzene rings is 2. The second-order valence-electron chi connectivity index (χ2n) is 6.88. The molecule has 1 amide bonds. The summed E-state index contributed by atoms with van der Waals surface area (Å²) < 4.78 is 53.7. The molecule has 1 heterocycles. The Morgan fingerprint density at radius 3 is 2.03 bits per heavy atom. The van der Waals surface area contributed by atoms with Crippen molar-refractivity contribution in [2.45, 2.75) is 13.1 Å². The molecule has 9 heteroatoms. The van der Waals surface area contributed by atoms with Gasteiger partial charge in [0.2, 0.25) is 0 Å². The highest BCUT2D eigenvalue weighted by Crippen LogP contribution is 2.35. The second-order valence-corrected chi connectivity index (χ2v) is 7.73. The van der Waals surface area contributed by atoms with Gasteiger partial charge in [0, 0.05) is 31.2 Å². The Morgan fingerprint density at radius 1 is 0.933 bits per heavy atom. The van der Waals surface area contributed by atoms with Crippen LogP contribution in [0, 0.1) is 5.82 Å². The average molecular weight is 461 g/mol. The summed E-state index contributed by atoms with van der Waals surface area (Å²) in [5, 5.41) is 0.618. The highest BCUT2D eigenvalue weighted by atomic mass is 35.5. The van der Waals surface area contributed by atoms with Crippen LogP contribution in [0.15, 0.2) is 48.0 Å². The summed E-state index contributed by atoms with van der Waals surface area (Å²) in [5.41, 5.74) is -0.226. The Balaban J connectivity index is 1.83. The highest BCUT2D eigenvalue weighted by Gasteiger charge is 2.36. The summed E-state index contributed by atoms with van der Waals surface area (Å²) in [7, 11) is 0. The van der Waals surface area contributed by atoms with E-state index in [-0.39, 0.29) is 53.9 Å². The lowest BCUT2D eigenvalue weighted by Crippen LogP contribution is -2.48. The van der Waals surface area contributed by atoms with Crippen molar-refractivity contribution >= 4 is 34.8 Å². The van der Waals surface area contributed by atoms with E-state index >= 15 is 0 Å². The zero-order chi connectivity index (χ0) is 22.1. The molecule has 3 rings (SSSR count). The van der Waals surface area contributed by atoms with Crippen LogP contribution in [0.1, 0.15) is 22.8 Å². The van der Waals surface area contributed by atoms with Crippen LogP contribution in [0.4, 0.5) is 17.6 Å². The van der Waals surface area contributed by atoms with Gasteiger partial charge in [0.1, 0.15) is 5.82 Å².